The number of benzene rings is 5. The normalized spacial score (nSPS) is 21.4. The predicted molar refractivity (Wildman–Crippen MR) is 276 cm³/mol. The van der Waals surface area contributed by atoms with Gasteiger partial charge in [-0.1, -0.05) is 140 Å². The lowest BCUT2D eigenvalue weighted by atomic mass is 9.82. The maximum absolute atomic E-state index is 5.45. The fourth-order valence-corrected chi connectivity index (χ4v) is 12.0. The third-order valence-corrected chi connectivity index (χ3v) is 14.9. The van der Waals surface area contributed by atoms with E-state index in [9.17, 15) is 0 Å². The van der Waals surface area contributed by atoms with E-state index in [0.717, 1.165) is 68.3 Å². The van der Waals surface area contributed by atoms with Gasteiger partial charge in [-0.25, -0.2) is 0 Å². The van der Waals surface area contributed by atoms with Crippen LogP contribution in [-0.4, -0.2) is 11.8 Å². The summed E-state index contributed by atoms with van der Waals surface area (Å²) in [4.78, 5) is 13.4. The van der Waals surface area contributed by atoms with Crippen molar-refractivity contribution in [2.24, 2.45) is 4.99 Å². The molecular weight excluding hydrogens is 801 g/mol. The lowest BCUT2D eigenvalue weighted by Gasteiger charge is -2.47. The Kier molecular flexibility index (Phi) is 9.40. The fourth-order valence-electron chi connectivity index (χ4n) is 12.0. The van der Waals surface area contributed by atoms with Crippen LogP contribution in [0.5, 0.6) is 0 Å². The lowest BCUT2D eigenvalue weighted by molar-refractivity contribution is 0.678. The highest BCUT2D eigenvalue weighted by atomic mass is 15.3. The minimum atomic E-state index is 0.0497. The molecule has 0 aromatic heterocycles. The van der Waals surface area contributed by atoms with E-state index >= 15 is 0 Å². The second-order valence-corrected chi connectivity index (χ2v) is 18.6. The molecule has 2 atom stereocenters. The van der Waals surface area contributed by atoms with Crippen LogP contribution in [0.25, 0.3) is 16.8 Å². The SMILES string of the molecule is CC1=C(c2ccccc2)N=C(C2=CCCC=C2)CC=C1c1cccc(N2c3ccccc3C3C4=C(C=CC32)N(C2=CCCC=C2)c2c(ccc3c2C2=C(C=CCC2)C3)N4c2ccccc2)c1. The molecule has 3 aliphatic heterocycles. The van der Waals surface area contributed by atoms with Gasteiger partial charge in [-0.3, -0.25) is 4.99 Å². The van der Waals surface area contributed by atoms with Crippen LogP contribution < -0.4 is 14.7 Å². The molecule has 0 saturated carbocycles. The van der Waals surface area contributed by atoms with Crippen LogP contribution in [0.4, 0.5) is 28.4 Å². The molecule has 0 bridgehead atoms. The second kappa shape index (κ2) is 15.9. The zero-order chi connectivity index (χ0) is 43.7. The molecule has 5 aromatic rings. The Morgan fingerprint density at radius 3 is 2.23 bits per heavy atom. The van der Waals surface area contributed by atoms with Crippen molar-refractivity contribution in [2.75, 3.05) is 14.7 Å². The van der Waals surface area contributed by atoms with Gasteiger partial charge < -0.3 is 14.7 Å². The Labute approximate surface area is 389 Å². The van der Waals surface area contributed by atoms with Gasteiger partial charge in [0.2, 0.25) is 0 Å². The molecule has 0 N–H and O–H groups in total. The Balaban J connectivity index is 0.968. The van der Waals surface area contributed by atoms with Crippen molar-refractivity contribution in [3.8, 4) is 0 Å². The first-order valence-electron chi connectivity index (χ1n) is 24.1. The van der Waals surface area contributed by atoms with Gasteiger partial charge in [0.15, 0.2) is 0 Å². The summed E-state index contributed by atoms with van der Waals surface area (Å²) in [6.45, 7) is 2.26. The monoisotopic (exact) mass is 852 g/mol. The zero-order valence-corrected chi connectivity index (χ0v) is 37.5. The number of para-hydroxylation sites is 2. The molecule has 5 aliphatic carbocycles. The van der Waals surface area contributed by atoms with Crippen LogP contribution in [0, 0.1) is 0 Å². The Hall–Kier alpha value is -7.43. The third-order valence-electron chi connectivity index (χ3n) is 14.9. The number of nitrogens with zero attached hydrogens (tertiary/aromatic N) is 4. The minimum absolute atomic E-state index is 0.0497. The maximum atomic E-state index is 5.45. The molecule has 0 fully saturated rings. The lowest BCUT2D eigenvalue weighted by Crippen LogP contribution is -2.42. The molecule has 4 heteroatoms. The highest BCUT2D eigenvalue weighted by Crippen LogP contribution is 2.60. The molecule has 320 valence electrons. The molecule has 3 heterocycles. The quantitative estimate of drug-likeness (QED) is 0.170. The van der Waals surface area contributed by atoms with E-state index in [1.165, 1.54) is 95.6 Å². The smallest absolute Gasteiger partial charge is 0.0781 e. The standard InChI is InChI=1S/C62H52N4/c1-41-50(34-35-53(42-19-6-2-7-20-42)63-60(41)43-21-8-3-9-22-43)45-24-18-29-49(40-45)64-54-32-17-16-31-52(54)59-55(64)37-38-57-62(59)66(48-27-12-5-13-28-48)56-36-33-46-39-44-23-14-15-30-51(44)58(46)61(56)65(57)47-25-10-4-11-26-47/h3,5-6,8-10,12-14,16-29,31-34,36-38,40,55,59H,2,4,7,11,15,30,35,39H2,1H3. The van der Waals surface area contributed by atoms with Gasteiger partial charge in [-0.2, -0.15) is 0 Å². The summed E-state index contributed by atoms with van der Waals surface area (Å²) >= 11 is 0. The number of hydrogen-bond acceptors (Lipinski definition) is 4. The molecule has 0 radical (unpaired) electrons. The summed E-state index contributed by atoms with van der Waals surface area (Å²) in [5.41, 5.74) is 25.6. The van der Waals surface area contributed by atoms with Gasteiger partial charge in [-0.15, -0.1) is 0 Å². The van der Waals surface area contributed by atoms with Crippen molar-refractivity contribution in [2.45, 2.75) is 70.3 Å². The van der Waals surface area contributed by atoms with E-state index in [1.54, 1.807) is 0 Å². The first-order chi connectivity index (χ1) is 32.7. The number of allylic oxidation sites excluding steroid dienone is 15. The van der Waals surface area contributed by atoms with Gasteiger partial charge in [0.05, 0.1) is 46.1 Å². The van der Waals surface area contributed by atoms with Crippen molar-refractivity contribution >= 4 is 51.0 Å². The van der Waals surface area contributed by atoms with Crippen molar-refractivity contribution in [1.29, 1.82) is 0 Å². The van der Waals surface area contributed by atoms with Crippen LogP contribution >= 0.6 is 0 Å². The summed E-state index contributed by atoms with van der Waals surface area (Å²) in [7, 11) is 0. The van der Waals surface area contributed by atoms with Gasteiger partial charge in [0.25, 0.3) is 0 Å². The Morgan fingerprint density at radius 2 is 1.39 bits per heavy atom. The Morgan fingerprint density at radius 1 is 0.621 bits per heavy atom. The maximum Gasteiger partial charge on any atom is 0.0781 e. The average Bonchev–Trinajstić information content (AvgIpc) is 3.88. The van der Waals surface area contributed by atoms with Gasteiger partial charge in [-0.05, 0) is 145 Å². The van der Waals surface area contributed by atoms with E-state index in [4.69, 9.17) is 4.99 Å². The minimum Gasteiger partial charge on any atom is -0.333 e. The average molecular weight is 853 g/mol. The highest BCUT2D eigenvalue weighted by Gasteiger charge is 2.49. The topological polar surface area (TPSA) is 22.1 Å². The van der Waals surface area contributed by atoms with Crippen molar-refractivity contribution < 1.29 is 0 Å². The van der Waals surface area contributed by atoms with E-state index in [2.05, 4.69) is 210 Å². The van der Waals surface area contributed by atoms with Crippen LogP contribution in [0.1, 0.15) is 85.6 Å². The molecule has 8 aliphatic rings. The van der Waals surface area contributed by atoms with Crippen molar-refractivity contribution in [1.82, 2.24) is 0 Å². The summed E-state index contributed by atoms with van der Waals surface area (Å²) < 4.78 is 0. The largest absolute Gasteiger partial charge is 0.333 e. The number of hydrogen-bond donors (Lipinski definition) is 0. The van der Waals surface area contributed by atoms with E-state index in [-0.39, 0.29) is 12.0 Å². The number of rotatable bonds is 6. The summed E-state index contributed by atoms with van der Waals surface area (Å²) in [6, 6.07) is 45.3. The second-order valence-electron chi connectivity index (χ2n) is 18.6. The molecule has 4 nitrogen and oxygen atoms in total. The molecule has 2 unspecified atom stereocenters. The summed E-state index contributed by atoms with van der Waals surface area (Å²) in [6.07, 6.45) is 34.5. The molecule has 0 saturated heterocycles. The van der Waals surface area contributed by atoms with Crippen molar-refractivity contribution in [3.05, 3.63) is 250 Å². The molecule has 0 spiro atoms. The molecule has 0 amide bonds. The predicted octanol–water partition coefficient (Wildman–Crippen LogP) is 15.6. The Bertz CT molecular complexity index is 3210. The highest BCUT2D eigenvalue weighted by molar-refractivity contribution is 6.09. The van der Waals surface area contributed by atoms with Crippen LogP contribution in [-0.2, 0) is 6.42 Å². The van der Waals surface area contributed by atoms with E-state index in [1.807, 2.05) is 0 Å². The van der Waals surface area contributed by atoms with Crippen LogP contribution in [0.2, 0.25) is 0 Å². The molecule has 13 rings (SSSR count). The molecule has 66 heavy (non-hydrogen) atoms. The van der Waals surface area contributed by atoms with E-state index in [0.29, 0.717) is 0 Å². The van der Waals surface area contributed by atoms with E-state index < -0.39 is 0 Å². The summed E-state index contributed by atoms with van der Waals surface area (Å²) in [5, 5.41) is 0. The van der Waals surface area contributed by atoms with Gasteiger partial charge in [0, 0.05) is 40.3 Å². The van der Waals surface area contributed by atoms with Gasteiger partial charge >= 0.3 is 0 Å². The van der Waals surface area contributed by atoms with Crippen LogP contribution in [0.3, 0.4) is 0 Å². The van der Waals surface area contributed by atoms with Crippen molar-refractivity contribution in [3.63, 3.8) is 0 Å². The zero-order valence-electron chi connectivity index (χ0n) is 37.5. The fraction of sp³-hybridized carbons (Fsp3) is 0.177. The third kappa shape index (κ3) is 6.22. The molecule has 5 aromatic carbocycles. The number of aliphatic imine (C=N–C) groups is 1. The summed E-state index contributed by atoms with van der Waals surface area (Å²) in [5.74, 6) is 0.0609. The van der Waals surface area contributed by atoms with Gasteiger partial charge in [0.1, 0.15) is 0 Å². The first-order valence-corrected chi connectivity index (χ1v) is 24.1. The van der Waals surface area contributed by atoms with Crippen LogP contribution in [0.15, 0.2) is 227 Å². The number of anilines is 5. The molecular formula is C62H52N4. The number of fused-ring (bicyclic) bond motifs is 8. The first kappa shape index (κ1) is 39.0.